The lowest BCUT2D eigenvalue weighted by Gasteiger charge is -2.12. The van der Waals surface area contributed by atoms with Gasteiger partial charge in [0, 0.05) is 10.9 Å². The largest absolute Gasteiger partial charge is 0.494 e. The van der Waals surface area contributed by atoms with Crippen molar-refractivity contribution in [1.82, 2.24) is 0 Å². The lowest BCUT2D eigenvalue weighted by atomic mass is 9.98. The molecule has 0 aliphatic heterocycles. The number of rotatable bonds is 4. The molecule has 1 aromatic carbocycles. The molecular weight excluding hydrogens is 263 g/mol. The summed E-state index contributed by atoms with van der Waals surface area (Å²) in [5.41, 5.74) is 0.494. The van der Waals surface area contributed by atoms with Gasteiger partial charge in [-0.25, -0.2) is 4.39 Å². The molecule has 0 saturated heterocycles. The SMILES string of the molecule is COc1cc(Br)cc(C(C)CC=O)c1F. The fraction of sp³-hybridized carbons (Fsp3) is 0.364. The number of hydrogen-bond donors (Lipinski definition) is 0. The van der Waals surface area contributed by atoms with Crippen LogP contribution in [0.25, 0.3) is 0 Å². The van der Waals surface area contributed by atoms with Crippen LogP contribution in [0.4, 0.5) is 4.39 Å². The van der Waals surface area contributed by atoms with Crippen LogP contribution in [0, 0.1) is 5.82 Å². The van der Waals surface area contributed by atoms with E-state index in [0.29, 0.717) is 12.0 Å². The fourth-order valence-corrected chi connectivity index (χ4v) is 1.82. The van der Waals surface area contributed by atoms with Gasteiger partial charge in [0.15, 0.2) is 11.6 Å². The summed E-state index contributed by atoms with van der Waals surface area (Å²) in [6, 6.07) is 3.23. The monoisotopic (exact) mass is 274 g/mol. The van der Waals surface area contributed by atoms with Crippen molar-refractivity contribution in [3.05, 3.63) is 28.0 Å². The molecule has 2 nitrogen and oxygen atoms in total. The summed E-state index contributed by atoms with van der Waals surface area (Å²) in [5.74, 6) is -0.346. The van der Waals surface area contributed by atoms with Gasteiger partial charge in [0.05, 0.1) is 7.11 Å². The van der Waals surface area contributed by atoms with Gasteiger partial charge in [-0.05, 0) is 23.6 Å². The van der Waals surface area contributed by atoms with Crippen molar-refractivity contribution in [3.8, 4) is 5.75 Å². The van der Waals surface area contributed by atoms with E-state index < -0.39 is 5.82 Å². The van der Waals surface area contributed by atoms with Crippen LogP contribution in [0.2, 0.25) is 0 Å². The molecule has 0 N–H and O–H groups in total. The summed E-state index contributed by atoms with van der Waals surface area (Å²) in [4.78, 5) is 10.4. The minimum absolute atomic E-state index is 0.145. The molecule has 0 spiro atoms. The Bertz CT molecular complexity index is 366. The third-order valence-electron chi connectivity index (χ3n) is 2.23. The second-order valence-electron chi connectivity index (χ2n) is 3.31. The highest BCUT2D eigenvalue weighted by atomic mass is 79.9. The van der Waals surface area contributed by atoms with Gasteiger partial charge in [-0.1, -0.05) is 22.9 Å². The Kier molecular flexibility index (Phi) is 4.27. The minimum atomic E-state index is -0.393. The van der Waals surface area contributed by atoms with Crippen molar-refractivity contribution < 1.29 is 13.9 Å². The lowest BCUT2D eigenvalue weighted by molar-refractivity contribution is -0.108. The molecule has 0 fully saturated rings. The standard InChI is InChI=1S/C11H12BrFO2/c1-7(3-4-14)9-5-8(12)6-10(15-2)11(9)13/h4-7H,3H2,1-2H3. The zero-order chi connectivity index (χ0) is 11.4. The van der Waals surface area contributed by atoms with Gasteiger partial charge < -0.3 is 9.53 Å². The van der Waals surface area contributed by atoms with E-state index in [4.69, 9.17) is 4.74 Å². The Morgan fingerprint density at radius 3 is 2.80 bits per heavy atom. The number of aldehydes is 1. The molecule has 1 rings (SSSR count). The highest BCUT2D eigenvalue weighted by molar-refractivity contribution is 9.10. The van der Waals surface area contributed by atoms with Crippen LogP contribution in [0.5, 0.6) is 5.75 Å². The van der Waals surface area contributed by atoms with Crippen molar-refractivity contribution in [2.24, 2.45) is 0 Å². The van der Waals surface area contributed by atoms with Crippen LogP contribution in [-0.2, 0) is 4.79 Å². The molecule has 0 heterocycles. The average molecular weight is 275 g/mol. The summed E-state index contributed by atoms with van der Waals surface area (Å²) >= 11 is 3.27. The van der Waals surface area contributed by atoms with Crippen LogP contribution >= 0.6 is 15.9 Å². The van der Waals surface area contributed by atoms with Crippen molar-refractivity contribution in [2.75, 3.05) is 7.11 Å². The first-order valence-electron chi connectivity index (χ1n) is 4.56. The molecule has 0 radical (unpaired) electrons. The van der Waals surface area contributed by atoms with E-state index in [1.165, 1.54) is 7.11 Å². The molecule has 0 amide bonds. The molecule has 4 heteroatoms. The number of halogens is 2. The molecule has 1 aromatic rings. The maximum absolute atomic E-state index is 13.8. The van der Waals surface area contributed by atoms with Crippen LogP contribution in [0.15, 0.2) is 16.6 Å². The first-order valence-corrected chi connectivity index (χ1v) is 5.36. The summed E-state index contributed by atoms with van der Waals surface area (Å²) in [5, 5.41) is 0. The van der Waals surface area contributed by atoms with E-state index in [1.807, 2.05) is 0 Å². The van der Waals surface area contributed by atoms with Crippen LogP contribution in [0.1, 0.15) is 24.8 Å². The topological polar surface area (TPSA) is 26.3 Å². The Labute approximate surface area is 96.6 Å². The van der Waals surface area contributed by atoms with Crippen molar-refractivity contribution in [3.63, 3.8) is 0 Å². The van der Waals surface area contributed by atoms with Gasteiger partial charge in [-0.15, -0.1) is 0 Å². The molecule has 15 heavy (non-hydrogen) atoms. The molecule has 0 bridgehead atoms. The first-order chi connectivity index (χ1) is 7.10. The number of hydrogen-bond acceptors (Lipinski definition) is 2. The zero-order valence-electron chi connectivity index (χ0n) is 8.59. The van der Waals surface area contributed by atoms with Crippen LogP contribution in [-0.4, -0.2) is 13.4 Å². The smallest absolute Gasteiger partial charge is 0.168 e. The molecule has 0 aliphatic carbocycles. The van der Waals surface area contributed by atoms with E-state index in [2.05, 4.69) is 15.9 Å². The molecule has 1 unspecified atom stereocenters. The van der Waals surface area contributed by atoms with Gasteiger partial charge in [0.25, 0.3) is 0 Å². The second kappa shape index (κ2) is 5.26. The highest BCUT2D eigenvalue weighted by Gasteiger charge is 2.15. The van der Waals surface area contributed by atoms with Crippen molar-refractivity contribution in [1.29, 1.82) is 0 Å². The van der Waals surface area contributed by atoms with Crippen LogP contribution in [0.3, 0.4) is 0 Å². The summed E-state index contributed by atoms with van der Waals surface area (Å²) in [6.07, 6.45) is 1.09. The van der Waals surface area contributed by atoms with Gasteiger partial charge in [-0.2, -0.15) is 0 Å². The first kappa shape index (κ1) is 12.2. The molecule has 82 valence electrons. The third kappa shape index (κ3) is 2.78. The predicted molar refractivity (Wildman–Crippen MR) is 59.7 cm³/mol. The number of methoxy groups -OCH3 is 1. The molecule has 1 atom stereocenters. The molecule has 0 saturated carbocycles. The van der Waals surface area contributed by atoms with Crippen molar-refractivity contribution >= 4 is 22.2 Å². The second-order valence-corrected chi connectivity index (χ2v) is 4.23. The van der Waals surface area contributed by atoms with Crippen LogP contribution < -0.4 is 4.74 Å². The normalized spacial score (nSPS) is 12.3. The quantitative estimate of drug-likeness (QED) is 0.788. The van der Waals surface area contributed by atoms with E-state index in [0.717, 1.165) is 10.8 Å². The van der Waals surface area contributed by atoms with Gasteiger partial charge in [0.2, 0.25) is 0 Å². The van der Waals surface area contributed by atoms with E-state index in [9.17, 15) is 9.18 Å². The maximum Gasteiger partial charge on any atom is 0.168 e. The minimum Gasteiger partial charge on any atom is -0.494 e. The van der Waals surface area contributed by atoms with Gasteiger partial charge in [0.1, 0.15) is 6.29 Å². The Morgan fingerprint density at radius 1 is 1.60 bits per heavy atom. The van der Waals surface area contributed by atoms with E-state index >= 15 is 0 Å². The third-order valence-corrected chi connectivity index (χ3v) is 2.69. The lowest BCUT2D eigenvalue weighted by Crippen LogP contribution is -2.00. The van der Waals surface area contributed by atoms with Gasteiger partial charge in [-0.3, -0.25) is 0 Å². The Morgan fingerprint density at radius 2 is 2.27 bits per heavy atom. The Balaban J connectivity index is 3.16. The average Bonchev–Trinajstić information content (AvgIpc) is 2.21. The van der Waals surface area contributed by atoms with Crippen molar-refractivity contribution in [2.45, 2.75) is 19.3 Å². The molecule has 0 aromatic heterocycles. The fourth-order valence-electron chi connectivity index (χ4n) is 1.36. The number of carbonyl (C=O) groups is 1. The predicted octanol–water partition coefficient (Wildman–Crippen LogP) is 3.29. The number of ether oxygens (including phenoxy) is 1. The number of benzene rings is 1. The maximum atomic E-state index is 13.8. The van der Waals surface area contributed by atoms with E-state index in [1.54, 1.807) is 19.1 Å². The number of carbonyl (C=O) groups excluding carboxylic acids is 1. The molecular formula is C11H12BrFO2. The summed E-state index contributed by atoms with van der Waals surface area (Å²) < 4.78 is 19.4. The Hall–Kier alpha value is -0.900. The zero-order valence-corrected chi connectivity index (χ0v) is 10.2. The summed E-state index contributed by atoms with van der Waals surface area (Å²) in [7, 11) is 1.42. The summed E-state index contributed by atoms with van der Waals surface area (Å²) in [6.45, 7) is 1.80. The molecule has 0 aliphatic rings. The highest BCUT2D eigenvalue weighted by Crippen LogP contribution is 2.31. The van der Waals surface area contributed by atoms with E-state index in [-0.39, 0.29) is 11.7 Å². The van der Waals surface area contributed by atoms with Gasteiger partial charge >= 0.3 is 0 Å².